The Balaban J connectivity index is 1.57. The molecule has 9 nitrogen and oxygen atoms in total. The zero-order valence-corrected chi connectivity index (χ0v) is 14.6. The third kappa shape index (κ3) is 4.23. The summed E-state index contributed by atoms with van der Waals surface area (Å²) in [5.74, 6) is 0.583. The number of ether oxygens (including phenoxy) is 2. The van der Waals surface area contributed by atoms with E-state index >= 15 is 0 Å². The third-order valence-electron chi connectivity index (χ3n) is 4.34. The first-order valence-corrected chi connectivity index (χ1v) is 8.23. The van der Waals surface area contributed by atoms with Gasteiger partial charge >= 0.3 is 0 Å². The van der Waals surface area contributed by atoms with Crippen LogP contribution in [0.1, 0.15) is 34.8 Å². The number of aromatic nitrogens is 3. The monoisotopic (exact) mass is 350 g/mol. The lowest BCUT2D eigenvalue weighted by molar-refractivity contribution is -0.126. The average Bonchev–Trinajstić information content (AvgIpc) is 3.13. The number of carbonyl (C=O) groups excluding carboxylic acids is 1. The molecule has 0 radical (unpaired) electrons. The Labute approximate surface area is 145 Å². The van der Waals surface area contributed by atoms with Crippen molar-refractivity contribution in [3.05, 3.63) is 28.4 Å². The Morgan fingerprint density at radius 1 is 1.24 bits per heavy atom. The van der Waals surface area contributed by atoms with E-state index < -0.39 is 0 Å². The van der Waals surface area contributed by atoms with Crippen molar-refractivity contribution < 1.29 is 23.4 Å². The molecule has 0 aromatic carbocycles. The van der Waals surface area contributed by atoms with Crippen LogP contribution in [0.2, 0.25) is 0 Å². The number of carbonyl (C=O) groups is 1. The standard InChI is InChI=1S/C16H22N4O5/c1-9-12(11(3)24-18-9)7-23-15-4-5-22-8-14(15)17-16(21)6-13-10(2)19-25-20-13/h14-15H,4-8H2,1-3H3,(H,17,21)/t14-,15+/m1/s1. The summed E-state index contributed by atoms with van der Waals surface area (Å²) >= 11 is 0. The van der Waals surface area contributed by atoms with Crippen LogP contribution in [0.15, 0.2) is 9.15 Å². The summed E-state index contributed by atoms with van der Waals surface area (Å²) in [6.07, 6.45) is 0.685. The van der Waals surface area contributed by atoms with Gasteiger partial charge in [-0.1, -0.05) is 15.5 Å². The van der Waals surface area contributed by atoms with Crippen molar-refractivity contribution in [3.8, 4) is 0 Å². The molecule has 3 rings (SSSR count). The van der Waals surface area contributed by atoms with Crippen molar-refractivity contribution in [2.45, 2.75) is 52.4 Å². The quantitative estimate of drug-likeness (QED) is 0.821. The molecule has 0 bridgehead atoms. The van der Waals surface area contributed by atoms with Crippen molar-refractivity contribution in [1.29, 1.82) is 0 Å². The van der Waals surface area contributed by atoms with E-state index in [2.05, 4.69) is 25.4 Å². The van der Waals surface area contributed by atoms with Crippen molar-refractivity contribution >= 4 is 5.91 Å². The van der Waals surface area contributed by atoms with Crippen molar-refractivity contribution in [3.63, 3.8) is 0 Å². The minimum Gasteiger partial charge on any atom is -0.379 e. The maximum absolute atomic E-state index is 12.3. The highest BCUT2D eigenvalue weighted by atomic mass is 16.6. The van der Waals surface area contributed by atoms with Crippen LogP contribution in [0.5, 0.6) is 0 Å². The molecule has 1 aliphatic rings. The highest BCUT2D eigenvalue weighted by molar-refractivity contribution is 5.78. The Morgan fingerprint density at radius 2 is 2.08 bits per heavy atom. The van der Waals surface area contributed by atoms with Crippen LogP contribution in [-0.2, 0) is 27.3 Å². The lowest BCUT2D eigenvalue weighted by atomic mass is 10.1. The van der Waals surface area contributed by atoms with E-state index in [-0.39, 0.29) is 24.5 Å². The van der Waals surface area contributed by atoms with Crippen LogP contribution in [-0.4, -0.2) is 46.7 Å². The fraction of sp³-hybridized carbons (Fsp3) is 0.625. The molecule has 1 N–H and O–H groups in total. The minimum atomic E-state index is -0.220. The molecule has 136 valence electrons. The lowest BCUT2D eigenvalue weighted by Crippen LogP contribution is -2.51. The summed E-state index contributed by atoms with van der Waals surface area (Å²) in [4.78, 5) is 12.3. The molecule has 3 heterocycles. The van der Waals surface area contributed by atoms with Crippen LogP contribution in [0, 0.1) is 20.8 Å². The molecule has 0 aliphatic carbocycles. The van der Waals surface area contributed by atoms with Gasteiger partial charge in [0.05, 0.1) is 37.5 Å². The van der Waals surface area contributed by atoms with Gasteiger partial charge in [-0.15, -0.1) is 0 Å². The predicted molar refractivity (Wildman–Crippen MR) is 84.7 cm³/mol. The zero-order valence-electron chi connectivity index (χ0n) is 14.6. The number of hydrogen-bond acceptors (Lipinski definition) is 8. The van der Waals surface area contributed by atoms with Gasteiger partial charge in [0, 0.05) is 12.2 Å². The van der Waals surface area contributed by atoms with Crippen LogP contribution >= 0.6 is 0 Å². The van der Waals surface area contributed by atoms with Crippen molar-refractivity contribution in [1.82, 2.24) is 20.8 Å². The Kier molecular flexibility index (Phi) is 5.44. The Morgan fingerprint density at radius 3 is 2.76 bits per heavy atom. The summed E-state index contributed by atoms with van der Waals surface area (Å²) < 4.78 is 21.3. The SMILES string of the molecule is Cc1nonc1CC(=O)N[C@@H]1COCC[C@@H]1OCc1c(C)noc1C. The number of rotatable bonds is 6. The molecule has 1 amide bonds. The zero-order chi connectivity index (χ0) is 17.8. The fourth-order valence-electron chi connectivity index (χ4n) is 2.77. The molecule has 0 spiro atoms. The highest BCUT2D eigenvalue weighted by Crippen LogP contribution is 2.18. The van der Waals surface area contributed by atoms with E-state index in [1.54, 1.807) is 6.92 Å². The van der Waals surface area contributed by atoms with E-state index in [1.807, 2.05) is 13.8 Å². The first kappa shape index (κ1) is 17.6. The maximum atomic E-state index is 12.3. The number of nitrogens with one attached hydrogen (secondary N) is 1. The second-order valence-corrected chi connectivity index (χ2v) is 6.16. The summed E-state index contributed by atoms with van der Waals surface area (Å²) in [5.41, 5.74) is 2.91. The van der Waals surface area contributed by atoms with Gasteiger partial charge < -0.3 is 19.3 Å². The van der Waals surface area contributed by atoms with Crippen LogP contribution in [0.4, 0.5) is 0 Å². The first-order valence-electron chi connectivity index (χ1n) is 8.23. The molecule has 9 heteroatoms. The minimum absolute atomic E-state index is 0.114. The topological polar surface area (TPSA) is 113 Å². The second kappa shape index (κ2) is 7.75. The molecule has 2 aromatic heterocycles. The van der Waals surface area contributed by atoms with Gasteiger partial charge in [-0.2, -0.15) is 0 Å². The van der Waals surface area contributed by atoms with Gasteiger partial charge in [0.25, 0.3) is 0 Å². The summed E-state index contributed by atoms with van der Waals surface area (Å²) in [7, 11) is 0. The highest BCUT2D eigenvalue weighted by Gasteiger charge is 2.29. The van der Waals surface area contributed by atoms with E-state index in [0.29, 0.717) is 37.6 Å². The van der Waals surface area contributed by atoms with E-state index in [9.17, 15) is 4.79 Å². The fourth-order valence-corrected chi connectivity index (χ4v) is 2.77. The normalized spacial score (nSPS) is 20.6. The van der Waals surface area contributed by atoms with Crippen molar-refractivity contribution in [2.75, 3.05) is 13.2 Å². The molecule has 2 aromatic rings. The smallest absolute Gasteiger partial charge is 0.226 e. The molecule has 0 saturated carbocycles. The van der Waals surface area contributed by atoms with Gasteiger partial charge in [-0.3, -0.25) is 4.79 Å². The summed E-state index contributed by atoms with van der Waals surface area (Å²) in [5, 5.41) is 14.3. The number of hydrogen-bond donors (Lipinski definition) is 1. The van der Waals surface area contributed by atoms with Gasteiger partial charge in [0.2, 0.25) is 5.91 Å². The number of amides is 1. The van der Waals surface area contributed by atoms with Crippen LogP contribution < -0.4 is 5.32 Å². The van der Waals surface area contributed by atoms with Crippen molar-refractivity contribution in [2.24, 2.45) is 0 Å². The first-order chi connectivity index (χ1) is 12.0. The predicted octanol–water partition coefficient (Wildman–Crippen LogP) is 1.02. The van der Waals surface area contributed by atoms with Crippen LogP contribution in [0.3, 0.4) is 0 Å². The lowest BCUT2D eigenvalue weighted by Gasteiger charge is -2.32. The molecule has 25 heavy (non-hydrogen) atoms. The largest absolute Gasteiger partial charge is 0.379 e. The molecule has 1 saturated heterocycles. The van der Waals surface area contributed by atoms with Gasteiger partial charge in [-0.05, 0) is 27.2 Å². The summed E-state index contributed by atoms with van der Waals surface area (Å²) in [6, 6.07) is -0.220. The average molecular weight is 350 g/mol. The molecular formula is C16H22N4O5. The molecule has 0 unspecified atom stereocenters. The third-order valence-corrected chi connectivity index (χ3v) is 4.34. The van der Waals surface area contributed by atoms with E-state index in [1.165, 1.54) is 0 Å². The summed E-state index contributed by atoms with van der Waals surface area (Å²) in [6.45, 7) is 6.89. The van der Waals surface area contributed by atoms with E-state index in [4.69, 9.17) is 14.0 Å². The molecule has 1 aliphatic heterocycles. The molecular weight excluding hydrogens is 328 g/mol. The van der Waals surface area contributed by atoms with E-state index in [0.717, 1.165) is 17.0 Å². The van der Waals surface area contributed by atoms with Gasteiger partial charge in [-0.25, -0.2) is 4.63 Å². The number of nitrogens with zero attached hydrogens (tertiary/aromatic N) is 3. The van der Waals surface area contributed by atoms with Gasteiger partial charge in [0.1, 0.15) is 17.1 Å². The molecule has 1 fully saturated rings. The molecule has 2 atom stereocenters. The number of aryl methyl sites for hydroxylation is 3. The Bertz CT molecular complexity index is 706. The second-order valence-electron chi connectivity index (χ2n) is 6.16. The Hall–Kier alpha value is -2.26. The van der Waals surface area contributed by atoms with Crippen LogP contribution in [0.25, 0.3) is 0 Å². The maximum Gasteiger partial charge on any atom is 0.226 e. The van der Waals surface area contributed by atoms with Gasteiger partial charge in [0.15, 0.2) is 0 Å².